The highest BCUT2D eigenvalue weighted by Gasteiger charge is 2.06. The highest BCUT2D eigenvalue weighted by molar-refractivity contribution is 5.82. The van der Waals surface area contributed by atoms with Crippen LogP contribution in [0.4, 0.5) is 4.79 Å². The number of hydrogen-bond donors (Lipinski definition) is 3. The highest BCUT2D eigenvalue weighted by Crippen LogP contribution is 2.01. The summed E-state index contributed by atoms with van der Waals surface area (Å²) >= 11 is 0. The van der Waals surface area contributed by atoms with E-state index >= 15 is 0 Å². The molecule has 0 saturated carbocycles. The summed E-state index contributed by atoms with van der Waals surface area (Å²) in [6.07, 6.45) is 0. The van der Waals surface area contributed by atoms with Crippen LogP contribution in [0.25, 0.3) is 10.8 Å². The van der Waals surface area contributed by atoms with Gasteiger partial charge in [0.05, 0.1) is 10.8 Å². The minimum Gasteiger partial charge on any atom is -0.350 e. The van der Waals surface area contributed by atoms with Gasteiger partial charge in [0, 0.05) is 0 Å². The van der Waals surface area contributed by atoms with E-state index in [1.54, 1.807) is 12.1 Å². The number of H-pyrrole nitrogens is 1. The zero-order valence-electron chi connectivity index (χ0n) is 8.06. The maximum absolute atomic E-state index is 11.7. The summed E-state index contributed by atoms with van der Waals surface area (Å²) in [6, 6.07) is 5.34. The molecular weight excluding hydrogens is 212 g/mol. The second kappa shape index (κ2) is 3.54. The van der Waals surface area contributed by atoms with E-state index in [1.807, 2.05) is 5.43 Å². The lowest BCUT2D eigenvalue weighted by atomic mass is 10.2. The zero-order valence-corrected chi connectivity index (χ0v) is 8.06. The molecule has 0 fully saturated rings. The number of amides is 2. The highest BCUT2D eigenvalue weighted by atomic mass is 16.2. The Kier molecular flexibility index (Phi) is 2.20. The third-order valence-corrected chi connectivity index (χ3v) is 2.04. The van der Waals surface area contributed by atoms with Crippen LogP contribution in [0, 0.1) is 0 Å². The van der Waals surface area contributed by atoms with Crippen molar-refractivity contribution in [2.75, 3.05) is 5.43 Å². The van der Waals surface area contributed by atoms with Gasteiger partial charge in [-0.3, -0.25) is 9.59 Å². The smallest absolute Gasteiger partial charge is 0.332 e. The Hall–Kier alpha value is -2.57. The number of carbonyl (C=O) groups is 1. The standard InChI is InChI=1S/C9H8N4O3/c10-9(16)12-13-8(15)6-4-2-1-3-5(6)7(14)11-13/h1-4H,(H,11,14)(H3,10,12,16). The molecule has 2 aromatic rings. The number of nitrogens with two attached hydrogens (primary N) is 1. The molecule has 2 amide bonds. The fraction of sp³-hybridized carbons (Fsp3) is 0. The van der Waals surface area contributed by atoms with Crippen LogP contribution in [0.1, 0.15) is 0 Å². The Labute approximate surface area is 88.4 Å². The molecule has 2 rings (SSSR count). The number of fused-ring (bicyclic) bond motifs is 1. The fourth-order valence-corrected chi connectivity index (χ4v) is 1.39. The summed E-state index contributed by atoms with van der Waals surface area (Å²) in [6.45, 7) is 0. The lowest BCUT2D eigenvalue weighted by molar-refractivity contribution is 0.256. The average Bonchev–Trinajstić information content (AvgIpc) is 2.25. The molecule has 82 valence electrons. The van der Waals surface area contributed by atoms with E-state index < -0.39 is 17.1 Å². The van der Waals surface area contributed by atoms with Gasteiger partial charge in [0.25, 0.3) is 11.1 Å². The van der Waals surface area contributed by atoms with Gasteiger partial charge in [0.1, 0.15) is 0 Å². The van der Waals surface area contributed by atoms with Crippen molar-refractivity contribution in [3.05, 3.63) is 45.0 Å². The zero-order chi connectivity index (χ0) is 11.7. The predicted molar refractivity (Wildman–Crippen MR) is 57.8 cm³/mol. The quantitative estimate of drug-likeness (QED) is 0.591. The number of nitrogens with zero attached hydrogens (tertiary/aromatic N) is 1. The van der Waals surface area contributed by atoms with Crippen molar-refractivity contribution >= 4 is 16.8 Å². The first-order valence-corrected chi connectivity index (χ1v) is 4.40. The Morgan fingerprint density at radius 1 is 1.25 bits per heavy atom. The van der Waals surface area contributed by atoms with Gasteiger partial charge in [-0.25, -0.2) is 15.3 Å². The topological polar surface area (TPSA) is 110 Å². The molecule has 1 aromatic heterocycles. The summed E-state index contributed by atoms with van der Waals surface area (Å²) in [4.78, 5) is 34.5. The first-order chi connectivity index (χ1) is 7.59. The van der Waals surface area contributed by atoms with Gasteiger partial charge in [-0.05, 0) is 12.1 Å². The minimum atomic E-state index is -0.937. The van der Waals surface area contributed by atoms with E-state index in [1.165, 1.54) is 12.1 Å². The van der Waals surface area contributed by atoms with Gasteiger partial charge in [-0.15, -0.1) is 0 Å². The summed E-state index contributed by atoms with van der Waals surface area (Å²) in [5, 5.41) is 2.65. The molecule has 0 aliphatic carbocycles. The molecule has 0 radical (unpaired) electrons. The number of hydrogen-bond acceptors (Lipinski definition) is 3. The normalized spacial score (nSPS) is 10.2. The van der Waals surface area contributed by atoms with E-state index in [4.69, 9.17) is 5.73 Å². The molecule has 0 spiro atoms. The molecule has 0 atom stereocenters. The van der Waals surface area contributed by atoms with Gasteiger partial charge < -0.3 is 5.73 Å². The number of primary amides is 1. The number of rotatable bonds is 1. The van der Waals surface area contributed by atoms with Crippen molar-refractivity contribution in [3.8, 4) is 0 Å². The summed E-state index contributed by atoms with van der Waals surface area (Å²) in [7, 11) is 0. The van der Waals surface area contributed by atoms with E-state index in [0.717, 1.165) is 0 Å². The molecule has 0 bridgehead atoms. The third-order valence-electron chi connectivity index (χ3n) is 2.04. The first kappa shape index (κ1) is 9.97. The fourth-order valence-electron chi connectivity index (χ4n) is 1.39. The SMILES string of the molecule is NC(=O)Nn1[nH]c(=O)c2ccccc2c1=O. The molecule has 1 heterocycles. The van der Waals surface area contributed by atoms with Crippen LogP contribution in [-0.2, 0) is 0 Å². The van der Waals surface area contributed by atoms with E-state index in [0.29, 0.717) is 4.79 Å². The van der Waals surface area contributed by atoms with Gasteiger partial charge in [0.2, 0.25) is 0 Å². The summed E-state index contributed by atoms with van der Waals surface area (Å²) in [5.41, 5.74) is 5.82. The first-order valence-electron chi connectivity index (χ1n) is 4.40. The molecule has 0 aliphatic rings. The molecular formula is C9H8N4O3. The molecule has 1 aromatic carbocycles. The number of nitrogens with one attached hydrogen (secondary N) is 2. The Morgan fingerprint density at radius 2 is 1.88 bits per heavy atom. The van der Waals surface area contributed by atoms with Crippen molar-refractivity contribution in [2.24, 2.45) is 5.73 Å². The maximum Gasteiger partial charge on any atom is 0.332 e. The summed E-state index contributed by atoms with van der Waals surface area (Å²) in [5.74, 6) is 0. The number of aromatic nitrogens is 2. The minimum absolute atomic E-state index is 0.208. The van der Waals surface area contributed by atoms with Gasteiger partial charge in [0.15, 0.2) is 0 Å². The Morgan fingerprint density at radius 3 is 2.50 bits per heavy atom. The monoisotopic (exact) mass is 220 g/mol. The van der Waals surface area contributed by atoms with Crippen LogP contribution < -0.4 is 22.3 Å². The van der Waals surface area contributed by atoms with Gasteiger partial charge >= 0.3 is 6.03 Å². The van der Waals surface area contributed by atoms with Crippen LogP contribution in [-0.4, -0.2) is 15.9 Å². The summed E-state index contributed by atoms with van der Waals surface area (Å²) < 4.78 is 0. The van der Waals surface area contributed by atoms with Crippen LogP contribution in [0.15, 0.2) is 33.9 Å². The molecule has 7 heteroatoms. The van der Waals surface area contributed by atoms with Crippen LogP contribution in [0.5, 0.6) is 0 Å². The molecule has 4 N–H and O–H groups in total. The van der Waals surface area contributed by atoms with Crippen molar-refractivity contribution in [1.29, 1.82) is 0 Å². The Balaban J connectivity index is 2.81. The van der Waals surface area contributed by atoms with Crippen molar-refractivity contribution in [2.45, 2.75) is 0 Å². The molecule has 16 heavy (non-hydrogen) atoms. The lowest BCUT2D eigenvalue weighted by Gasteiger charge is -2.05. The van der Waals surface area contributed by atoms with Crippen molar-refractivity contribution in [3.63, 3.8) is 0 Å². The number of carbonyl (C=O) groups excluding carboxylic acids is 1. The molecule has 7 nitrogen and oxygen atoms in total. The maximum atomic E-state index is 11.7. The van der Waals surface area contributed by atoms with E-state index in [9.17, 15) is 14.4 Å². The molecule has 0 aliphatic heterocycles. The van der Waals surface area contributed by atoms with Crippen molar-refractivity contribution in [1.82, 2.24) is 9.89 Å². The number of aromatic amines is 1. The molecule has 0 saturated heterocycles. The van der Waals surface area contributed by atoms with Gasteiger partial charge in [-0.2, -0.15) is 4.79 Å². The van der Waals surface area contributed by atoms with E-state index in [-0.39, 0.29) is 10.8 Å². The average molecular weight is 220 g/mol. The van der Waals surface area contributed by atoms with Crippen LogP contribution in [0.2, 0.25) is 0 Å². The largest absolute Gasteiger partial charge is 0.350 e. The van der Waals surface area contributed by atoms with E-state index in [2.05, 4.69) is 5.10 Å². The lowest BCUT2D eigenvalue weighted by Crippen LogP contribution is -2.40. The molecule has 0 unspecified atom stereocenters. The number of urea groups is 1. The number of benzene rings is 1. The van der Waals surface area contributed by atoms with Crippen molar-refractivity contribution < 1.29 is 4.79 Å². The van der Waals surface area contributed by atoms with Crippen LogP contribution in [0.3, 0.4) is 0 Å². The second-order valence-corrected chi connectivity index (χ2v) is 3.10. The predicted octanol–water partition coefficient (Wildman–Crippen LogP) is -0.688. The van der Waals surface area contributed by atoms with Gasteiger partial charge in [-0.1, -0.05) is 12.1 Å². The van der Waals surface area contributed by atoms with Crippen LogP contribution >= 0.6 is 0 Å². The third kappa shape index (κ3) is 1.54. The Bertz CT molecular complexity index is 670. The second-order valence-electron chi connectivity index (χ2n) is 3.10.